The van der Waals surface area contributed by atoms with Crippen LogP contribution in [-0.4, -0.2) is 21.8 Å². The lowest BCUT2D eigenvalue weighted by Crippen LogP contribution is -2.24. The lowest BCUT2D eigenvalue weighted by Gasteiger charge is -2.20. The van der Waals surface area contributed by atoms with Gasteiger partial charge < -0.3 is 14.9 Å². The van der Waals surface area contributed by atoms with Crippen molar-refractivity contribution in [1.82, 2.24) is 0 Å². The number of carbonyl (C=O) groups is 1. The van der Waals surface area contributed by atoms with Crippen molar-refractivity contribution >= 4 is 5.97 Å². The Morgan fingerprint density at radius 3 is 2.39 bits per heavy atom. The highest BCUT2D eigenvalue weighted by atomic mass is 16.6. The normalized spacial score (nSPS) is 10.8. The van der Waals surface area contributed by atoms with E-state index in [9.17, 15) is 15.0 Å². The zero-order valence-electron chi connectivity index (χ0n) is 10.7. The van der Waals surface area contributed by atoms with Crippen molar-refractivity contribution in [2.75, 3.05) is 0 Å². The summed E-state index contributed by atoms with van der Waals surface area (Å²) in [4.78, 5) is 11.8. The Labute approximate surface area is 105 Å². The molecule has 0 aliphatic carbocycles. The number of benzene rings is 1. The van der Waals surface area contributed by atoms with Crippen LogP contribution in [0.25, 0.3) is 0 Å². The van der Waals surface area contributed by atoms with Crippen LogP contribution in [0.5, 0.6) is 11.5 Å². The minimum Gasteiger partial charge on any atom is -0.507 e. The third-order valence-corrected chi connectivity index (χ3v) is 2.19. The highest BCUT2D eigenvalue weighted by molar-refractivity contribution is 5.96. The van der Waals surface area contributed by atoms with E-state index in [1.54, 1.807) is 33.8 Å². The first-order valence-electron chi connectivity index (χ1n) is 5.36. The molecule has 0 saturated heterocycles. The number of rotatable bonds is 1. The summed E-state index contributed by atoms with van der Waals surface area (Å²) in [6, 6.07) is 3.03. The van der Waals surface area contributed by atoms with Gasteiger partial charge in [-0.1, -0.05) is 0 Å². The van der Waals surface area contributed by atoms with Gasteiger partial charge in [0, 0.05) is 0 Å². The molecular weight excluding hydrogens is 234 g/mol. The van der Waals surface area contributed by atoms with Crippen molar-refractivity contribution in [1.29, 1.82) is 5.26 Å². The fourth-order valence-corrected chi connectivity index (χ4v) is 1.45. The lowest BCUT2D eigenvalue weighted by atomic mass is 10.0. The van der Waals surface area contributed by atoms with Gasteiger partial charge in [-0.15, -0.1) is 0 Å². The van der Waals surface area contributed by atoms with Gasteiger partial charge >= 0.3 is 5.97 Å². The van der Waals surface area contributed by atoms with Crippen molar-refractivity contribution < 1.29 is 19.7 Å². The van der Waals surface area contributed by atoms with Crippen LogP contribution in [0.1, 0.15) is 42.3 Å². The van der Waals surface area contributed by atoms with Gasteiger partial charge in [-0.2, -0.15) is 5.26 Å². The largest absolute Gasteiger partial charge is 0.507 e. The van der Waals surface area contributed by atoms with Crippen LogP contribution in [0, 0.1) is 18.3 Å². The summed E-state index contributed by atoms with van der Waals surface area (Å²) in [6.07, 6.45) is 0. The number of hydrogen-bond acceptors (Lipinski definition) is 5. The van der Waals surface area contributed by atoms with Crippen LogP contribution in [0.4, 0.5) is 0 Å². The maximum atomic E-state index is 11.8. The van der Waals surface area contributed by atoms with E-state index in [4.69, 9.17) is 10.00 Å². The third kappa shape index (κ3) is 2.72. The van der Waals surface area contributed by atoms with Crippen LogP contribution in [0.2, 0.25) is 0 Å². The van der Waals surface area contributed by atoms with Crippen molar-refractivity contribution in [2.24, 2.45) is 0 Å². The van der Waals surface area contributed by atoms with Gasteiger partial charge in [-0.3, -0.25) is 0 Å². The molecule has 1 rings (SSSR count). The van der Waals surface area contributed by atoms with E-state index in [1.165, 1.54) is 6.07 Å². The standard InChI is InChI=1S/C13H15NO4/c1-7-5-9(15)10(11(16)8(7)6-14)12(17)18-13(2,3)4/h5,15-16H,1-4H3. The van der Waals surface area contributed by atoms with E-state index in [-0.39, 0.29) is 11.1 Å². The van der Waals surface area contributed by atoms with E-state index in [2.05, 4.69) is 0 Å². The highest BCUT2D eigenvalue weighted by Crippen LogP contribution is 2.34. The third-order valence-electron chi connectivity index (χ3n) is 2.19. The van der Waals surface area contributed by atoms with Gasteiger partial charge in [0.2, 0.25) is 0 Å². The monoisotopic (exact) mass is 249 g/mol. The van der Waals surface area contributed by atoms with Crippen LogP contribution in [-0.2, 0) is 4.74 Å². The molecular formula is C13H15NO4. The molecule has 5 nitrogen and oxygen atoms in total. The number of hydrogen-bond donors (Lipinski definition) is 2. The molecule has 0 aliphatic rings. The topological polar surface area (TPSA) is 90.6 Å². The number of carbonyl (C=O) groups excluding carboxylic acids is 1. The van der Waals surface area contributed by atoms with Crippen LogP contribution in [0.3, 0.4) is 0 Å². The Kier molecular flexibility index (Phi) is 3.52. The minimum absolute atomic E-state index is 0.0475. The second-order valence-corrected chi connectivity index (χ2v) is 4.92. The summed E-state index contributed by atoms with van der Waals surface area (Å²) in [7, 11) is 0. The Balaban J connectivity index is 3.34. The summed E-state index contributed by atoms with van der Waals surface area (Å²) < 4.78 is 5.06. The first kappa shape index (κ1) is 13.8. The van der Waals surface area contributed by atoms with E-state index >= 15 is 0 Å². The van der Waals surface area contributed by atoms with Gasteiger partial charge in [0.1, 0.15) is 23.0 Å². The van der Waals surface area contributed by atoms with Crippen LogP contribution < -0.4 is 0 Å². The molecule has 1 aromatic carbocycles. The van der Waals surface area contributed by atoms with Crippen molar-refractivity contribution in [3.05, 3.63) is 22.8 Å². The fraction of sp³-hybridized carbons (Fsp3) is 0.385. The van der Waals surface area contributed by atoms with Gasteiger partial charge in [-0.25, -0.2) is 4.79 Å². The molecule has 5 heteroatoms. The molecule has 0 spiro atoms. The number of aryl methyl sites for hydroxylation is 1. The van der Waals surface area contributed by atoms with Gasteiger partial charge in [0.15, 0.2) is 5.75 Å². The van der Waals surface area contributed by atoms with Gasteiger partial charge in [0.25, 0.3) is 0 Å². The molecule has 0 fully saturated rings. The van der Waals surface area contributed by atoms with Crippen molar-refractivity contribution in [3.63, 3.8) is 0 Å². The number of phenolic OH excluding ortho intramolecular Hbond substituents is 2. The van der Waals surface area contributed by atoms with Crippen LogP contribution >= 0.6 is 0 Å². The molecule has 0 aliphatic heterocycles. The summed E-state index contributed by atoms with van der Waals surface area (Å²) in [6.45, 7) is 6.55. The summed E-state index contributed by atoms with van der Waals surface area (Å²) in [5.74, 6) is -1.82. The first-order valence-corrected chi connectivity index (χ1v) is 5.36. The van der Waals surface area contributed by atoms with Gasteiger partial charge in [-0.05, 0) is 39.3 Å². The van der Waals surface area contributed by atoms with E-state index in [1.807, 2.05) is 0 Å². The Morgan fingerprint density at radius 2 is 1.94 bits per heavy atom. The van der Waals surface area contributed by atoms with E-state index < -0.39 is 23.1 Å². The maximum absolute atomic E-state index is 11.8. The quantitative estimate of drug-likeness (QED) is 0.745. The highest BCUT2D eigenvalue weighted by Gasteiger charge is 2.26. The molecule has 2 N–H and O–H groups in total. The molecule has 0 heterocycles. The first-order chi connectivity index (χ1) is 8.17. The lowest BCUT2D eigenvalue weighted by molar-refractivity contribution is 0.00639. The second kappa shape index (κ2) is 4.57. The average Bonchev–Trinajstić information content (AvgIpc) is 2.13. The molecule has 0 aromatic heterocycles. The van der Waals surface area contributed by atoms with Crippen molar-refractivity contribution in [3.8, 4) is 17.6 Å². The predicted octanol–water partition coefficient (Wildman–Crippen LogP) is 2.23. The molecule has 18 heavy (non-hydrogen) atoms. The Hall–Kier alpha value is -2.22. The summed E-state index contributed by atoms with van der Waals surface area (Å²) >= 11 is 0. The SMILES string of the molecule is Cc1cc(O)c(C(=O)OC(C)(C)C)c(O)c1C#N. The summed E-state index contributed by atoms with van der Waals surface area (Å²) in [5, 5.41) is 28.4. The minimum atomic E-state index is -0.867. The molecule has 0 atom stereocenters. The van der Waals surface area contributed by atoms with Gasteiger partial charge in [0.05, 0.1) is 5.56 Å². The number of nitriles is 1. The molecule has 1 aromatic rings. The zero-order valence-corrected chi connectivity index (χ0v) is 10.7. The van der Waals surface area contributed by atoms with E-state index in [0.717, 1.165) is 0 Å². The molecule has 0 amide bonds. The van der Waals surface area contributed by atoms with Crippen molar-refractivity contribution in [2.45, 2.75) is 33.3 Å². The fourth-order valence-electron chi connectivity index (χ4n) is 1.45. The number of ether oxygens (including phenoxy) is 1. The Morgan fingerprint density at radius 1 is 1.39 bits per heavy atom. The smallest absolute Gasteiger partial charge is 0.346 e. The molecule has 0 bridgehead atoms. The maximum Gasteiger partial charge on any atom is 0.346 e. The molecule has 0 saturated carbocycles. The average molecular weight is 249 g/mol. The molecule has 0 radical (unpaired) electrons. The van der Waals surface area contributed by atoms with Crippen LogP contribution in [0.15, 0.2) is 6.07 Å². The number of nitrogens with zero attached hydrogens (tertiary/aromatic N) is 1. The predicted molar refractivity (Wildman–Crippen MR) is 64.4 cm³/mol. The molecule has 96 valence electrons. The number of phenols is 2. The number of aromatic hydroxyl groups is 2. The Bertz CT molecular complexity index is 535. The van der Waals surface area contributed by atoms with E-state index in [0.29, 0.717) is 5.56 Å². The number of esters is 1. The molecule has 0 unspecified atom stereocenters. The second-order valence-electron chi connectivity index (χ2n) is 4.92. The summed E-state index contributed by atoms with van der Waals surface area (Å²) in [5.41, 5.74) is -0.797. The zero-order chi connectivity index (χ0) is 14.1.